The van der Waals surface area contributed by atoms with E-state index >= 15 is 0 Å². The Hall–Kier alpha value is -0.790. The quantitative estimate of drug-likeness (QED) is 0.676. The van der Waals surface area contributed by atoms with Gasteiger partial charge in [-0.2, -0.15) is 0 Å². The number of carbonyl (C=O) groups is 2. The van der Waals surface area contributed by atoms with Crippen LogP contribution < -0.4 is 5.32 Å². The van der Waals surface area contributed by atoms with Gasteiger partial charge in [-0.15, -0.1) is 11.8 Å². The molecule has 0 aliphatic carbocycles. The van der Waals surface area contributed by atoms with Crippen molar-refractivity contribution in [2.45, 2.75) is 20.0 Å². The minimum absolute atomic E-state index is 0.0494. The molecule has 1 atom stereocenters. The van der Waals surface area contributed by atoms with E-state index in [9.17, 15) is 14.7 Å². The highest BCUT2D eigenvalue weighted by Crippen LogP contribution is 2.05. The van der Waals surface area contributed by atoms with E-state index in [4.69, 9.17) is 4.74 Å². The Labute approximate surface area is 124 Å². The smallest absolute Gasteiger partial charge is 0.232 e. The fourth-order valence-electron chi connectivity index (χ4n) is 1.64. The zero-order valence-corrected chi connectivity index (χ0v) is 12.9. The van der Waals surface area contributed by atoms with E-state index in [1.807, 2.05) is 13.8 Å². The Balaban J connectivity index is 2.10. The van der Waals surface area contributed by atoms with Crippen LogP contribution in [0, 0.1) is 5.92 Å². The van der Waals surface area contributed by atoms with E-state index < -0.39 is 6.10 Å². The summed E-state index contributed by atoms with van der Waals surface area (Å²) in [6, 6.07) is 0. The number of amides is 2. The molecule has 0 aromatic carbocycles. The Kier molecular flexibility index (Phi) is 7.94. The fraction of sp³-hybridized carbons (Fsp3) is 0.846. The van der Waals surface area contributed by atoms with Crippen LogP contribution in [0.1, 0.15) is 13.8 Å². The molecule has 20 heavy (non-hydrogen) atoms. The molecule has 2 amide bonds. The maximum absolute atomic E-state index is 11.8. The molecule has 116 valence electrons. The lowest BCUT2D eigenvalue weighted by molar-refractivity contribution is -0.132. The Morgan fingerprint density at radius 1 is 1.30 bits per heavy atom. The summed E-state index contributed by atoms with van der Waals surface area (Å²) in [6.07, 6.45) is -0.529. The monoisotopic (exact) mass is 304 g/mol. The molecule has 0 radical (unpaired) electrons. The van der Waals surface area contributed by atoms with E-state index in [-0.39, 0.29) is 30.0 Å². The summed E-state index contributed by atoms with van der Waals surface area (Å²) in [5.41, 5.74) is 0. The number of aliphatic hydroxyl groups excluding tert-OH is 1. The first-order valence-corrected chi connectivity index (χ1v) is 8.04. The van der Waals surface area contributed by atoms with E-state index in [1.54, 1.807) is 4.90 Å². The number of nitrogens with zero attached hydrogens (tertiary/aromatic N) is 1. The molecule has 1 heterocycles. The van der Waals surface area contributed by atoms with Gasteiger partial charge in [-0.05, 0) is 5.92 Å². The van der Waals surface area contributed by atoms with E-state index in [0.29, 0.717) is 32.1 Å². The third kappa shape index (κ3) is 6.58. The largest absolute Gasteiger partial charge is 0.391 e. The third-order valence-corrected chi connectivity index (χ3v) is 4.02. The van der Waals surface area contributed by atoms with Gasteiger partial charge in [-0.25, -0.2) is 0 Å². The molecule has 0 aromatic heterocycles. The second-order valence-electron chi connectivity index (χ2n) is 5.10. The number of carbonyl (C=O) groups excluding carboxylic acids is 2. The zero-order chi connectivity index (χ0) is 15.0. The molecule has 1 saturated heterocycles. The molecular formula is C13H24N2O4S. The molecule has 1 aliphatic rings. The van der Waals surface area contributed by atoms with Crippen LogP contribution in [0.15, 0.2) is 0 Å². The lowest BCUT2D eigenvalue weighted by Crippen LogP contribution is -2.42. The van der Waals surface area contributed by atoms with Gasteiger partial charge in [0.25, 0.3) is 0 Å². The predicted octanol–water partition coefficient (Wildman–Crippen LogP) is -0.288. The van der Waals surface area contributed by atoms with Crippen LogP contribution in [0.4, 0.5) is 0 Å². The lowest BCUT2D eigenvalue weighted by atomic mass is 10.1. The number of nitrogens with one attached hydrogen (secondary N) is 1. The molecule has 2 N–H and O–H groups in total. The van der Waals surface area contributed by atoms with Gasteiger partial charge in [0.1, 0.15) is 0 Å². The van der Waals surface area contributed by atoms with Gasteiger partial charge >= 0.3 is 0 Å². The summed E-state index contributed by atoms with van der Waals surface area (Å²) in [7, 11) is 0. The molecular weight excluding hydrogens is 280 g/mol. The van der Waals surface area contributed by atoms with Crippen molar-refractivity contribution in [3.63, 3.8) is 0 Å². The summed E-state index contributed by atoms with van der Waals surface area (Å²) in [6.45, 7) is 6.49. The number of hydrogen-bond acceptors (Lipinski definition) is 5. The van der Waals surface area contributed by atoms with Crippen LogP contribution in [0.5, 0.6) is 0 Å². The highest BCUT2D eigenvalue weighted by atomic mass is 32.2. The molecule has 1 aliphatic heterocycles. The average Bonchev–Trinajstić information content (AvgIpc) is 2.45. The third-order valence-electron chi connectivity index (χ3n) is 3.10. The number of morpholine rings is 1. The predicted molar refractivity (Wildman–Crippen MR) is 78.6 cm³/mol. The Bertz CT molecular complexity index is 319. The number of rotatable bonds is 7. The van der Waals surface area contributed by atoms with Gasteiger partial charge in [-0.1, -0.05) is 13.8 Å². The average molecular weight is 304 g/mol. The molecule has 0 saturated carbocycles. The summed E-state index contributed by atoms with van der Waals surface area (Å²) in [5.74, 6) is 0.560. The summed E-state index contributed by atoms with van der Waals surface area (Å²) >= 11 is 1.30. The molecule has 7 heteroatoms. The minimum atomic E-state index is -0.529. The van der Waals surface area contributed by atoms with Crippen molar-refractivity contribution in [1.29, 1.82) is 0 Å². The van der Waals surface area contributed by atoms with Crippen molar-refractivity contribution in [1.82, 2.24) is 10.2 Å². The molecule has 1 rings (SSSR count). The first-order valence-electron chi connectivity index (χ1n) is 6.88. The van der Waals surface area contributed by atoms with Gasteiger partial charge in [0, 0.05) is 19.6 Å². The van der Waals surface area contributed by atoms with Crippen molar-refractivity contribution in [2.24, 2.45) is 5.92 Å². The SMILES string of the molecule is CC(C)C(O)CNC(=O)CSCC(=O)N1CCOCC1. The number of hydrogen-bond donors (Lipinski definition) is 2. The zero-order valence-electron chi connectivity index (χ0n) is 12.1. The number of ether oxygens (including phenoxy) is 1. The molecule has 6 nitrogen and oxygen atoms in total. The van der Waals surface area contributed by atoms with Crippen LogP contribution in [0.25, 0.3) is 0 Å². The minimum Gasteiger partial charge on any atom is -0.391 e. The van der Waals surface area contributed by atoms with Crippen molar-refractivity contribution in [3.05, 3.63) is 0 Å². The maximum atomic E-state index is 11.8. The van der Waals surface area contributed by atoms with Crippen LogP contribution >= 0.6 is 11.8 Å². The van der Waals surface area contributed by atoms with Crippen LogP contribution in [0.3, 0.4) is 0 Å². The van der Waals surface area contributed by atoms with Crippen LogP contribution in [-0.2, 0) is 14.3 Å². The molecule has 0 aromatic rings. The fourth-order valence-corrected chi connectivity index (χ4v) is 2.39. The van der Waals surface area contributed by atoms with Crippen molar-refractivity contribution in [2.75, 3.05) is 44.4 Å². The summed E-state index contributed by atoms with van der Waals surface area (Å²) < 4.78 is 5.18. The van der Waals surface area contributed by atoms with Gasteiger partial charge < -0.3 is 20.1 Å². The molecule has 0 spiro atoms. The number of aliphatic hydroxyl groups is 1. The highest BCUT2D eigenvalue weighted by molar-refractivity contribution is 8.00. The molecule has 0 bridgehead atoms. The van der Waals surface area contributed by atoms with E-state index in [2.05, 4.69) is 5.32 Å². The standard InChI is InChI=1S/C13H24N2O4S/c1-10(2)11(16)7-14-12(17)8-20-9-13(18)15-3-5-19-6-4-15/h10-11,16H,3-9H2,1-2H3,(H,14,17). The van der Waals surface area contributed by atoms with E-state index in [0.717, 1.165) is 0 Å². The lowest BCUT2D eigenvalue weighted by Gasteiger charge is -2.26. The Morgan fingerprint density at radius 3 is 2.55 bits per heavy atom. The van der Waals surface area contributed by atoms with Gasteiger partial charge in [0.05, 0.1) is 30.8 Å². The highest BCUT2D eigenvalue weighted by Gasteiger charge is 2.17. The topological polar surface area (TPSA) is 78.9 Å². The van der Waals surface area contributed by atoms with Gasteiger partial charge in [0.15, 0.2) is 0 Å². The molecule has 1 unspecified atom stereocenters. The molecule has 1 fully saturated rings. The first kappa shape index (κ1) is 17.3. The first-order chi connectivity index (χ1) is 9.50. The Morgan fingerprint density at radius 2 is 1.95 bits per heavy atom. The van der Waals surface area contributed by atoms with Crippen LogP contribution in [-0.4, -0.2) is 72.3 Å². The van der Waals surface area contributed by atoms with Crippen molar-refractivity contribution in [3.8, 4) is 0 Å². The second kappa shape index (κ2) is 9.20. The number of thioether (sulfide) groups is 1. The summed E-state index contributed by atoms with van der Waals surface area (Å²) in [4.78, 5) is 25.1. The van der Waals surface area contributed by atoms with Crippen LogP contribution in [0.2, 0.25) is 0 Å². The van der Waals surface area contributed by atoms with Gasteiger partial charge in [-0.3, -0.25) is 9.59 Å². The normalized spacial score (nSPS) is 17.1. The van der Waals surface area contributed by atoms with Gasteiger partial charge in [0.2, 0.25) is 11.8 Å². The van der Waals surface area contributed by atoms with E-state index in [1.165, 1.54) is 11.8 Å². The van der Waals surface area contributed by atoms with Crippen molar-refractivity contribution >= 4 is 23.6 Å². The summed E-state index contributed by atoms with van der Waals surface area (Å²) in [5, 5.41) is 12.2. The maximum Gasteiger partial charge on any atom is 0.232 e. The van der Waals surface area contributed by atoms with Crippen molar-refractivity contribution < 1.29 is 19.4 Å². The second-order valence-corrected chi connectivity index (χ2v) is 6.09.